The second-order valence-corrected chi connectivity index (χ2v) is 6.39. The predicted octanol–water partition coefficient (Wildman–Crippen LogP) is 0.0586. The van der Waals surface area contributed by atoms with Crippen molar-refractivity contribution in [1.82, 2.24) is 9.80 Å². The lowest BCUT2D eigenvalue weighted by molar-refractivity contribution is -0.131. The van der Waals surface area contributed by atoms with Crippen LogP contribution in [0.1, 0.15) is 13.3 Å². The van der Waals surface area contributed by atoms with Crippen LogP contribution >= 0.6 is 0 Å². The van der Waals surface area contributed by atoms with Gasteiger partial charge in [0.15, 0.2) is 0 Å². The lowest BCUT2D eigenvalue weighted by Crippen LogP contribution is -2.58. The van der Waals surface area contributed by atoms with Gasteiger partial charge in [0, 0.05) is 45.6 Å². The van der Waals surface area contributed by atoms with E-state index in [9.17, 15) is 9.90 Å². The Morgan fingerprint density at radius 1 is 1.22 bits per heavy atom. The van der Waals surface area contributed by atoms with Gasteiger partial charge in [0.2, 0.25) is 5.91 Å². The first-order valence-electron chi connectivity index (χ1n) is 8.21. The van der Waals surface area contributed by atoms with E-state index in [0.29, 0.717) is 19.5 Å². The van der Waals surface area contributed by atoms with Crippen LogP contribution in [-0.2, 0) is 4.79 Å². The Hall–Kier alpha value is -1.63. The van der Waals surface area contributed by atoms with Crippen LogP contribution < -0.4 is 10.5 Å². The summed E-state index contributed by atoms with van der Waals surface area (Å²) < 4.78 is 5.92. The molecule has 1 aromatic carbocycles. The van der Waals surface area contributed by atoms with Crippen molar-refractivity contribution in [1.29, 1.82) is 0 Å². The molecule has 0 radical (unpaired) electrons. The van der Waals surface area contributed by atoms with Crippen molar-refractivity contribution in [3.8, 4) is 5.75 Å². The third-order valence-corrected chi connectivity index (χ3v) is 4.89. The summed E-state index contributed by atoms with van der Waals surface area (Å²) >= 11 is 0. The summed E-state index contributed by atoms with van der Waals surface area (Å²) in [6.07, 6.45) is -0.273. The van der Waals surface area contributed by atoms with Crippen molar-refractivity contribution in [2.24, 2.45) is 5.73 Å². The molecule has 0 aromatic heterocycles. The minimum Gasteiger partial charge on any atom is -0.488 e. The zero-order chi connectivity index (χ0) is 16.4. The first-order chi connectivity index (χ1) is 11.1. The number of piperazine rings is 1. The first kappa shape index (κ1) is 16.2. The largest absolute Gasteiger partial charge is 0.488 e. The molecule has 1 aromatic rings. The van der Waals surface area contributed by atoms with Crippen LogP contribution in [0.2, 0.25) is 0 Å². The van der Waals surface area contributed by atoms with Crippen LogP contribution in [0.4, 0.5) is 0 Å². The summed E-state index contributed by atoms with van der Waals surface area (Å²) in [6, 6.07) is 9.29. The number of nitrogens with two attached hydrogens (primary N) is 1. The molecule has 2 aliphatic rings. The number of benzene rings is 1. The number of aliphatic hydroxyl groups excluding tert-OH is 1. The topological polar surface area (TPSA) is 79.0 Å². The van der Waals surface area contributed by atoms with E-state index in [0.717, 1.165) is 18.8 Å². The van der Waals surface area contributed by atoms with Gasteiger partial charge in [0.25, 0.3) is 0 Å². The monoisotopic (exact) mass is 319 g/mol. The molecule has 3 rings (SSSR count). The Kier molecular flexibility index (Phi) is 4.84. The molecule has 1 saturated heterocycles. The van der Waals surface area contributed by atoms with Crippen LogP contribution in [0.15, 0.2) is 30.3 Å². The van der Waals surface area contributed by atoms with Crippen LogP contribution in [0, 0.1) is 0 Å². The van der Waals surface area contributed by atoms with Gasteiger partial charge in [-0.3, -0.25) is 9.69 Å². The van der Waals surface area contributed by atoms with Crippen molar-refractivity contribution in [3.05, 3.63) is 30.3 Å². The van der Waals surface area contributed by atoms with Gasteiger partial charge in [-0.05, 0) is 12.1 Å². The fourth-order valence-corrected chi connectivity index (χ4v) is 3.63. The third-order valence-electron chi connectivity index (χ3n) is 4.89. The molecule has 6 nitrogen and oxygen atoms in total. The molecule has 126 valence electrons. The standard InChI is InChI=1S/C17H25N3O3/c1-12(21)19-7-9-20(10-8-19)16-14(18)11-15(17(16)22)23-13-5-3-2-4-6-13/h2-6,14-17,22H,7-11,18H2,1H3/t14-,15-,16+,17+/m1/s1. The number of carbonyl (C=O) groups excluding carboxylic acids is 1. The van der Waals surface area contributed by atoms with E-state index in [1.807, 2.05) is 35.2 Å². The summed E-state index contributed by atoms with van der Waals surface area (Å²) in [5.41, 5.74) is 6.28. The van der Waals surface area contributed by atoms with E-state index in [2.05, 4.69) is 4.90 Å². The van der Waals surface area contributed by atoms with Crippen molar-refractivity contribution in [2.75, 3.05) is 26.2 Å². The number of hydrogen-bond acceptors (Lipinski definition) is 5. The fraction of sp³-hybridized carbons (Fsp3) is 0.588. The van der Waals surface area contributed by atoms with Crippen molar-refractivity contribution < 1.29 is 14.6 Å². The molecule has 1 amide bonds. The van der Waals surface area contributed by atoms with E-state index in [1.54, 1.807) is 6.92 Å². The summed E-state index contributed by atoms with van der Waals surface area (Å²) in [6.45, 7) is 4.46. The molecule has 1 saturated carbocycles. The molecule has 2 fully saturated rings. The van der Waals surface area contributed by atoms with Gasteiger partial charge in [0.1, 0.15) is 18.0 Å². The van der Waals surface area contributed by atoms with Gasteiger partial charge in [-0.1, -0.05) is 18.2 Å². The van der Waals surface area contributed by atoms with Crippen LogP contribution in [0.25, 0.3) is 0 Å². The summed E-state index contributed by atoms with van der Waals surface area (Å²) in [7, 11) is 0. The van der Waals surface area contributed by atoms with Gasteiger partial charge in [0.05, 0.1) is 6.04 Å². The third kappa shape index (κ3) is 3.49. The van der Waals surface area contributed by atoms with E-state index in [1.165, 1.54) is 0 Å². The highest BCUT2D eigenvalue weighted by Crippen LogP contribution is 2.28. The highest BCUT2D eigenvalue weighted by Gasteiger charge is 2.45. The average molecular weight is 319 g/mol. The number of amides is 1. The predicted molar refractivity (Wildman–Crippen MR) is 87.1 cm³/mol. The van der Waals surface area contributed by atoms with E-state index >= 15 is 0 Å². The van der Waals surface area contributed by atoms with Crippen molar-refractivity contribution in [2.45, 2.75) is 37.6 Å². The number of nitrogens with zero attached hydrogens (tertiary/aromatic N) is 2. The Labute approximate surface area is 136 Å². The normalized spacial score (nSPS) is 32.0. The zero-order valence-electron chi connectivity index (χ0n) is 13.5. The Balaban J connectivity index is 1.61. The molecule has 0 spiro atoms. The molecule has 1 aliphatic carbocycles. The van der Waals surface area contributed by atoms with E-state index in [4.69, 9.17) is 10.5 Å². The lowest BCUT2D eigenvalue weighted by atomic mass is 10.1. The van der Waals surface area contributed by atoms with Gasteiger partial charge in [-0.2, -0.15) is 0 Å². The van der Waals surface area contributed by atoms with Gasteiger partial charge >= 0.3 is 0 Å². The highest BCUT2D eigenvalue weighted by atomic mass is 16.5. The molecular weight excluding hydrogens is 294 g/mol. The Bertz CT molecular complexity index is 531. The number of hydrogen-bond donors (Lipinski definition) is 2. The van der Waals surface area contributed by atoms with E-state index < -0.39 is 6.10 Å². The fourth-order valence-electron chi connectivity index (χ4n) is 3.63. The summed E-state index contributed by atoms with van der Waals surface area (Å²) in [5, 5.41) is 10.7. The summed E-state index contributed by atoms with van der Waals surface area (Å²) in [4.78, 5) is 15.5. The van der Waals surface area contributed by atoms with Crippen LogP contribution in [-0.4, -0.2) is 71.3 Å². The van der Waals surface area contributed by atoms with Gasteiger partial charge in [-0.25, -0.2) is 0 Å². The molecule has 6 heteroatoms. The quantitative estimate of drug-likeness (QED) is 0.823. The molecule has 0 unspecified atom stereocenters. The number of ether oxygens (including phenoxy) is 1. The second-order valence-electron chi connectivity index (χ2n) is 6.39. The minimum atomic E-state index is -0.617. The Morgan fingerprint density at radius 2 is 1.87 bits per heavy atom. The van der Waals surface area contributed by atoms with Crippen LogP contribution in [0.3, 0.4) is 0 Å². The molecule has 23 heavy (non-hydrogen) atoms. The number of carbonyl (C=O) groups is 1. The highest BCUT2D eigenvalue weighted by molar-refractivity contribution is 5.73. The number of aliphatic hydroxyl groups is 1. The maximum absolute atomic E-state index is 11.4. The van der Waals surface area contributed by atoms with Crippen molar-refractivity contribution in [3.63, 3.8) is 0 Å². The molecule has 1 aliphatic heterocycles. The average Bonchev–Trinajstić information content (AvgIpc) is 2.82. The second kappa shape index (κ2) is 6.86. The first-order valence-corrected chi connectivity index (χ1v) is 8.21. The SMILES string of the molecule is CC(=O)N1CCN([C@@H]2[C@@H](O)[C@H](Oc3ccccc3)C[C@H]2N)CC1. The minimum absolute atomic E-state index is 0.103. The molecule has 1 heterocycles. The number of para-hydroxylation sites is 1. The van der Waals surface area contributed by atoms with Crippen molar-refractivity contribution >= 4 is 5.91 Å². The summed E-state index contributed by atoms with van der Waals surface area (Å²) in [5.74, 6) is 0.858. The number of rotatable bonds is 3. The molecular formula is C17H25N3O3. The maximum Gasteiger partial charge on any atom is 0.219 e. The molecule has 3 N–H and O–H groups in total. The lowest BCUT2D eigenvalue weighted by Gasteiger charge is -2.40. The van der Waals surface area contributed by atoms with E-state index in [-0.39, 0.29) is 24.1 Å². The molecule has 0 bridgehead atoms. The molecule has 4 atom stereocenters. The Morgan fingerprint density at radius 3 is 2.48 bits per heavy atom. The van der Waals surface area contributed by atoms with Gasteiger partial charge < -0.3 is 20.5 Å². The van der Waals surface area contributed by atoms with Gasteiger partial charge in [-0.15, -0.1) is 0 Å². The zero-order valence-corrected chi connectivity index (χ0v) is 13.5. The van der Waals surface area contributed by atoms with Crippen LogP contribution in [0.5, 0.6) is 5.75 Å². The maximum atomic E-state index is 11.4. The smallest absolute Gasteiger partial charge is 0.219 e.